The lowest BCUT2D eigenvalue weighted by Crippen LogP contribution is -2.11. The number of esters is 1. The number of hydrogen-bond donors (Lipinski definition) is 1. The smallest absolute Gasteiger partial charge is 0.337 e. The van der Waals surface area contributed by atoms with Crippen LogP contribution in [0.15, 0.2) is 48.5 Å². The van der Waals surface area contributed by atoms with Crippen molar-refractivity contribution in [2.24, 2.45) is 0 Å². The van der Waals surface area contributed by atoms with E-state index in [2.05, 4.69) is 19.6 Å². The van der Waals surface area contributed by atoms with Gasteiger partial charge in [-0.3, -0.25) is 4.79 Å². The summed E-state index contributed by atoms with van der Waals surface area (Å²) in [6.45, 7) is 0. The van der Waals surface area contributed by atoms with Gasteiger partial charge in [0.2, 0.25) is 0 Å². The summed E-state index contributed by atoms with van der Waals surface area (Å²) in [6.07, 6.45) is 0. The van der Waals surface area contributed by atoms with Crippen molar-refractivity contribution in [2.45, 2.75) is 0 Å². The summed E-state index contributed by atoms with van der Waals surface area (Å²) in [4.78, 5) is 24.2. The minimum Gasteiger partial charge on any atom is -0.465 e. The fourth-order valence-corrected chi connectivity index (χ4v) is 2.71. The fourth-order valence-electron chi connectivity index (χ4n) is 2.13. The summed E-state index contributed by atoms with van der Waals surface area (Å²) in [5, 5.41) is 6.67. The molecule has 126 valence electrons. The lowest BCUT2D eigenvalue weighted by molar-refractivity contribution is 0.0600. The van der Waals surface area contributed by atoms with E-state index in [1.165, 1.54) is 31.4 Å². The topological polar surface area (TPSA) is 81.2 Å². The van der Waals surface area contributed by atoms with Crippen molar-refractivity contribution in [2.75, 3.05) is 12.4 Å². The molecule has 0 aliphatic rings. The molecule has 3 rings (SSSR count). The monoisotopic (exact) mass is 357 g/mol. The number of hydrogen-bond acceptors (Lipinski definition) is 6. The molecule has 25 heavy (non-hydrogen) atoms. The molecule has 0 aliphatic carbocycles. The molecule has 0 spiro atoms. The van der Waals surface area contributed by atoms with E-state index in [9.17, 15) is 14.0 Å². The van der Waals surface area contributed by atoms with Crippen LogP contribution in [0.4, 0.5) is 10.1 Å². The summed E-state index contributed by atoms with van der Waals surface area (Å²) in [5.74, 6) is -1.22. The van der Waals surface area contributed by atoms with Gasteiger partial charge in [-0.1, -0.05) is 4.49 Å². The van der Waals surface area contributed by atoms with Crippen molar-refractivity contribution in [1.29, 1.82) is 0 Å². The molecule has 0 atom stereocenters. The van der Waals surface area contributed by atoms with Gasteiger partial charge < -0.3 is 10.1 Å². The Morgan fingerprint density at radius 2 is 1.76 bits per heavy atom. The number of ether oxygens (including phenoxy) is 1. The van der Waals surface area contributed by atoms with Crippen LogP contribution >= 0.6 is 11.5 Å². The number of methoxy groups -OCH3 is 1. The zero-order valence-corrected chi connectivity index (χ0v) is 13.8. The van der Waals surface area contributed by atoms with Crippen LogP contribution in [0.3, 0.4) is 0 Å². The highest BCUT2D eigenvalue weighted by Gasteiger charge is 2.18. The second-order valence-electron chi connectivity index (χ2n) is 4.98. The van der Waals surface area contributed by atoms with Gasteiger partial charge >= 0.3 is 5.97 Å². The van der Waals surface area contributed by atoms with Crippen molar-refractivity contribution in [1.82, 2.24) is 9.59 Å². The van der Waals surface area contributed by atoms with Crippen LogP contribution in [0.1, 0.15) is 20.0 Å². The van der Waals surface area contributed by atoms with Gasteiger partial charge in [0.15, 0.2) is 0 Å². The van der Waals surface area contributed by atoms with E-state index >= 15 is 0 Å². The van der Waals surface area contributed by atoms with Gasteiger partial charge in [0, 0.05) is 11.3 Å². The van der Waals surface area contributed by atoms with Crippen LogP contribution in [-0.4, -0.2) is 28.6 Å². The molecule has 8 heteroatoms. The number of halogens is 1. The second-order valence-corrected chi connectivity index (χ2v) is 5.73. The molecule has 3 aromatic rings. The predicted molar refractivity (Wildman–Crippen MR) is 91.0 cm³/mol. The molecule has 1 N–H and O–H groups in total. The lowest BCUT2D eigenvalue weighted by Gasteiger charge is -2.06. The summed E-state index contributed by atoms with van der Waals surface area (Å²) in [5.41, 5.74) is 1.87. The van der Waals surface area contributed by atoms with Crippen molar-refractivity contribution in [3.63, 3.8) is 0 Å². The largest absolute Gasteiger partial charge is 0.465 e. The first kappa shape index (κ1) is 16.7. The van der Waals surface area contributed by atoms with Crippen LogP contribution < -0.4 is 5.32 Å². The summed E-state index contributed by atoms with van der Waals surface area (Å²) >= 11 is 0.947. The Morgan fingerprint density at radius 1 is 1.08 bits per heavy atom. The Balaban J connectivity index is 1.79. The molecule has 0 saturated heterocycles. The number of anilines is 1. The molecular formula is C17H12FN3O3S. The molecule has 0 aliphatic heterocycles. The quantitative estimate of drug-likeness (QED) is 0.724. The fraction of sp³-hybridized carbons (Fsp3) is 0.0588. The van der Waals surface area contributed by atoms with Crippen molar-refractivity contribution in [3.05, 3.63) is 64.8 Å². The van der Waals surface area contributed by atoms with E-state index in [0.717, 1.165) is 11.5 Å². The van der Waals surface area contributed by atoms with Gasteiger partial charge in [-0.05, 0) is 60.1 Å². The first-order valence-corrected chi connectivity index (χ1v) is 7.94. The minimum atomic E-state index is -0.455. The minimum absolute atomic E-state index is 0.309. The maximum Gasteiger partial charge on any atom is 0.337 e. The van der Waals surface area contributed by atoms with Gasteiger partial charge in [-0.25, -0.2) is 9.18 Å². The van der Waals surface area contributed by atoms with E-state index < -0.39 is 5.97 Å². The molecule has 2 aromatic carbocycles. The van der Waals surface area contributed by atoms with Gasteiger partial charge in [0.05, 0.1) is 12.7 Å². The number of rotatable bonds is 4. The third kappa shape index (κ3) is 3.69. The zero-order chi connectivity index (χ0) is 17.8. The van der Waals surface area contributed by atoms with Crippen LogP contribution in [0.5, 0.6) is 0 Å². The number of nitrogens with one attached hydrogen (secondary N) is 1. The highest BCUT2D eigenvalue weighted by atomic mass is 32.1. The SMILES string of the molecule is COC(=O)c1ccc(NC(=O)c2snnc2-c2ccc(F)cc2)cc1. The van der Waals surface area contributed by atoms with Crippen molar-refractivity contribution < 1.29 is 18.7 Å². The standard InChI is InChI=1S/C17H12FN3O3S/c1-24-17(23)11-4-8-13(9-5-11)19-16(22)15-14(20-21-25-15)10-2-6-12(18)7-3-10/h2-9H,1H3,(H,19,22). The molecule has 0 radical (unpaired) electrons. The summed E-state index contributed by atoms with van der Waals surface area (Å²) in [6, 6.07) is 11.9. The van der Waals surface area contributed by atoms with E-state index in [0.29, 0.717) is 27.4 Å². The van der Waals surface area contributed by atoms with Crippen LogP contribution in [-0.2, 0) is 4.74 Å². The molecule has 1 amide bonds. The molecule has 1 aromatic heterocycles. The lowest BCUT2D eigenvalue weighted by atomic mass is 10.1. The summed E-state index contributed by atoms with van der Waals surface area (Å²) in [7, 11) is 1.30. The Morgan fingerprint density at radius 3 is 2.40 bits per heavy atom. The maximum absolute atomic E-state index is 13.0. The number of nitrogens with zero attached hydrogens (tertiary/aromatic N) is 2. The van der Waals surface area contributed by atoms with Crippen LogP contribution in [0, 0.1) is 5.82 Å². The molecule has 0 bridgehead atoms. The number of carbonyl (C=O) groups is 2. The Kier molecular flexibility index (Phi) is 4.80. The average Bonchev–Trinajstić information content (AvgIpc) is 3.12. The molecule has 6 nitrogen and oxygen atoms in total. The Bertz CT molecular complexity index is 908. The molecular weight excluding hydrogens is 345 g/mol. The number of carbonyl (C=O) groups excluding carboxylic acids is 2. The second kappa shape index (κ2) is 7.18. The van der Waals surface area contributed by atoms with Crippen LogP contribution in [0.25, 0.3) is 11.3 Å². The molecule has 0 saturated carbocycles. The maximum atomic E-state index is 13.0. The number of aromatic nitrogens is 2. The first-order valence-electron chi connectivity index (χ1n) is 7.16. The van der Waals surface area contributed by atoms with Gasteiger partial charge in [0.1, 0.15) is 16.4 Å². The van der Waals surface area contributed by atoms with Crippen LogP contribution in [0.2, 0.25) is 0 Å². The normalized spacial score (nSPS) is 10.3. The van der Waals surface area contributed by atoms with E-state index in [4.69, 9.17) is 0 Å². The zero-order valence-electron chi connectivity index (χ0n) is 13.0. The van der Waals surface area contributed by atoms with Gasteiger partial charge in [-0.2, -0.15) is 0 Å². The molecule has 0 fully saturated rings. The Labute approximate surface area is 146 Å². The van der Waals surface area contributed by atoms with Gasteiger partial charge in [0.25, 0.3) is 5.91 Å². The Hall–Kier alpha value is -3.13. The van der Waals surface area contributed by atoms with Crippen molar-refractivity contribution >= 4 is 29.1 Å². The van der Waals surface area contributed by atoms with Gasteiger partial charge in [-0.15, -0.1) is 5.10 Å². The predicted octanol–water partition coefficient (Wildman–Crippen LogP) is 3.38. The van der Waals surface area contributed by atoms with Crippen molar-refractivity contribution in [3.8, 4) is 11.3 Å². The van der Waals surface area contributed by atoms with E-state index in [1.807, 2.05) is 0 Å². The highest BCUT2D eigenvalue weighted by molar-refractivity contribution is 7.08. The van der Waals surface area contributed by atoms with E-state index in [1.54, 1.807) is 24.3 Å². The molecule has 0 unspecified atom stereocenters. The van der Waals surface area contributed by atoms with E-state index in [-0.39, 0.29) is 11.7 Å². The third-order valence-corrected chi connectivity index (χ3v) is 4.10. The first-order chi connectivity index (χ1) is 12.1. The third-order valence-electron chi connectivity index (χ3n) is 3.38. The average molecular weight is 357 g/mol. The number of benzene rings is 2. The summed E-state index contributed by atoms with van der Waals surface area (Å²) < 4.78 is 21.5. The highest BCUT2D eigenvalue weighted by Crippen LogP contribution is 2.25. The number of amides is 1. The molecule has 1 heterocycles.